The van der Waals surface area contributed by atoms with Gasteiger partial charge >= 0.3 is 0 Å². The quantitative estimate of drug-likeness (QED) is 0.831. The summed E-state index contributed by atoms with van der Waals surface area (Å²) >= 11 is 0. The third kappa shape index (κ3) is 4.22. The molecule has 0 amide bonds. The number of methoxy groups -OCH3 is 1. The molecule has 1 unspecified atom stereocenters. The van der Waals surface area contributed by atoms with Crippen molar-refractivity contribution in [3.63, 3.8) is 0 Å². The number of rotatable bonds is 6. The third-order valence-electron chi connectivity index (χ3n) is 3.49. The van der Waals surface area contributed by atoms with Gasteiger partial charge in [0.25, 0.3) is 0 Å². The molecule has 0 aromatic heterocycles. The van der Waals surface area contributed by atoms with Crippen LogP contribution in [0.3, 0.4) is 0 Å². The molecular formula is C16H27NO2. The molecule has 0 aliphatic heterocycles. The first-order valence-electron chi connectivity index (χ1n) is 6.89. The van der Waals surface area contributed by atoms with E-state index in [2.05, 4.69) is 19.2 Å². The number of hydrogen-bond donors (Lipinski definition) is 2. The van der Waals surface area contributed by atoms with Gasteiger partial charge in [0.2, 0.25) is 0 Å². The van der Waals surface area contributed by atoms with Crippen molar-refractivity contribution in [3.05, 3.63) is 28.8 Å². The van der Waals surface area contributed by atoms with Gasteiger partial charge in [0.1, 0.15) is 5.75 Å². The first-order valence-corrected chi connectivity index (χ1v) is 6.89. The van der Waals surface area contributed by atoms with Crippen LogP contribution in [0.2, 0.25) is 0 Å². The van der Waals surface area contributed by atoms with Crippen LogP contribution in [-0.4, -0.2) is 24.8 Å². The van der Waals surface area contributed by atoms with Crippen LogP contribution in [0.1, 0.15) is 43.9 Å². The molecule has 0 spiro atoms. The minimum atomic E-state index is -0.816. The van der Waals surface area contributed by atoms with Gasteiger partial charge in [-0.2, -0.15) is 0 Å². The van der Waals surface area contributed by atoms with Gasteiger partial charge in [0.15, 0.2) is 0 Å². The fourth-order valence-corrected chi connectivity index (χ4v) is 2.33. The molecule has 0 heterocycles. The van der Waals surface area contributed by atoms with Crippen molar-refractivity contribution in [2.75, 3.05) is 13.7 Å². The SMILES string of the molecule is COc1cc(C)c(C(C)(O)CCNC(C)C)cc1C. The molecule has 0 saturated carbocycles. The average molecular weight is 265 g/mol. The molecule has 19 heavy (non-hydrogen) atoms. The van der Waals surface area contributed by atoms with E-state index in [-0.39, 0.29) is 0 Å². The highest BCUT2D eigenvalue weighted by Crippen LogP contribution is 2.31. The van der Waals surface area contributed by atoms with Crippen LogP contribution in [0.5, 0.6) is 5.75 Å². The fraction of sp³-hybridized carbons (Fsp3) is 0.625. The summed E-state index contributed by atoms with van der Waals surface area (Å²) in [6.07, 6.45) is 0.692. The largest absolute Gasteiger partial charge is 0.496 e. The number of benzene rings is 1. The normalized spacial score (nSPS) is 14.5. The summed E-state index contributed by atoms with van der Waals surface area (Å²) < 4.78 is 5.31. The van der Waals surface area contributed by atoms with Crippen LogP contribution in [0.15, 0.2) is 12.1 Å². The Bertz CT molecular complexity index is 425. The monoisotopic (exact) mass is 265 g/mol. The summed E-state index contributed by atoms with van der Waals surface area (Å²) in [4.78, 5) is 0. The molecule has 0 aliphatic rings. The van der Waals surface area contributed by atoms with E-state index in [9.17, 15) is 5.11 Å². The third-order valence-corrected chi connectivity index (χ3v) is 3.49. The van der Waals surface area contributed by atoms with Gasteiger partial charge in [-0.3, -0.25) is 0 Å². The van der Waals surface area contributed by atoms with Gasteiger partial charge in [-0.15, -0.1) is 0 Å². The van der Waals surface area contributed by atoms with Crippen molar-refractivity contribution in [2.24, 2.45) is 0 Å². The average Bonchev–Trinajstić information content (AvgIpc) is 2.30. The molecule has 0 saturated heterocycles. The molecule has 0 fully saturated rings. The van der Waals surface area contributed by atoms with E-state index in [0.29, 0.717) is 12.5 Å². The summed E-state index contributed by atoms with van der Waals surface area (Å²) in [6, 6.07) is 4.47. The molecule has 2 N–H and O–H groups in total. The summed E-state index contributed by atoms with van der Waals surface area (Å²) in [5.74, 6) is 0.873. The fourth-order valence-electron chi connectivity index (χ4n) is 2.33. The highest BCUT2D eigenvalue weighted by Gasteiger charge is 2.25. The minimum Gasteiger partial charge on any atom is -0.496 e. The maximum atomic E-state index is 10.7. The number of aliphatic hydroxyl groups is 1. The maximum Gasteiger partial charge on any atom is 0.122 e. The van der Waals surface area contributed by atoms with Crippen molar-refractivity contribution >= 4 is 0 Å². The highest BCUT2D eigenvalue weighted by molar-refractivity contribution is 5.43. The predicted octanol–water partition coefficient (Wildman–Crippen LogP) is 2.91. The van der Waals surface area contributed by atoms with E-state index in [0.717, 1.165) is 29.0 Å². The van der Waals surface area contributed by atoms with E-state index in [1.54, 1.807) is 7.11 Å². The highest BCUT2D eigenvalue weighted by atomic mass is 16.5. The first kappa shape index (κ1) is 16.0. The Balaban J connectivity index is 2.91. The van der Waals surface area contributed by atoms with E-state index >= 15 is 0 Å². The smallest absolute Gasteiger partial charge is 0.122 e. The Hall–Kier alpha value is -1.06. The zero-order chi connectivity index (χ0) is 14.6. The maximum absolute atomic E-state index is 10.7. The lowest BCUT2D eigenvalue weighted by Gasteiger charge is -2.27. The molecule has 3 heteroatoms. The van der Waals surface area contributed by atoms with Gasteiger partial charge in [-0.1, -0.05) is 13.8 Å². The van der Waals surface area contributed by atoms with Crippen molar-refractivity contribution in [2.45, 2.75) is 52.7 Å². The van der Waals surface area contributed by atoms with Crippen LogP contribution in [0.25, 0.3) is 0 Å². The first-order chi connectivity index (χ1) is 8.77. The topological polar surface area (TPSA) is 41.5 Å². The van der Waals surface area contributed by atoms with Crippen molar-refractivity contribution in [1.29, 1.82) is 0 Å². The molecule has 1 aromatic rings. The lowest BCUT2D eigenvalue weighted by atomic mass is 9.87. The second kappa shape index (κ2) is 6.40. The lowest BCUT2D eigenvalue weighted by molar-refractivity contribution is 0.0468. The number of nitrogens with one attached hydrogen (secondary N) is 1. The molecule has 1 atom stereocenters. The molecule has 1 aromatic carbocycles. The Morgan fingerprint density at radius 2 is 1.89 bits per heavy atom. The van der Waals surface area contributed by atoms with Crippen LogP contribution in [0, 0.1) is 13.8 Å². The Kier molecular flexibility index (Phi) is 5.39. The zero-order valence-electron chi connectivity index (χ0n) is 13.0. The van der Waals surface area contributed by atoms with Crippen molar-refractivity contribution in [1.82, 2.24) is 5.32 Å². The summed E-state index contributed by atoms with van der Waals surface area (Å²) in [5.41, 5.74) is 2.29. The second-order valence-corrected chi connectivity index (χ2v) is 5.77. The molecule has 1 rings (SSSR count). The zero-order valence-corrected chi connectivity index (χ0v) is 13.0. The molecule has 0 bridgehead atoms. The Morgan fingerprint density at radius 3 is 2.42 bits per heavy atom. The second-order valence-electron chi connectivity index (χ2n) is 5.77. The van der Waals surface area contributed by atoms with Crippen molar-refractivity contribution < 1.29 is 9.84 Å². The van der Waals surface area contributed by atoms with E-state index in [1.165, 1.54) is 0 Å². The van der Waals surface area contributed by atoms with Crippen molar-refractivity contribution in [3.8, 4) is 5.75 Å². The van der Waals surface area contributed by atoms with Gasteiger partial charge in [-0.05, 0) is 62.6 Å². The Morgan fingerprint density at radius 1 is 1.26 bits per heavy atom. The predicted molar refractivity (Wildman–Crippen MR) is 79.8 cm³/mol. The van der Waals surface area contributed by atoms with E-state index < -0.39 is 5.60 Å². The number of hydrogen-bond acceptors (Lipinski definition) is 3. The molecule has 0 aliphatic carbocycles. The van der Waals surface area contributed by atoms with Gasteiger partial charge in [0, 0.05) is 6.04 Å². The molecule has 108 valence electrons. The van der Waals surface area contributed by atoms with Crippen LogP contribution in [-0.2, 0) is 5.60 Å². The minimum absolute atomic E-state index is 0.439. The number of aryl methyl sites for hydroxylation is 2. The number of ether oxygens (including phenoxy) is 1. The van der Waals surface area contributed by atoms with E-state index in [1.807, 2.05) is 32.9 Å². The van der Waals surface area contributed by atoms with Gasteiger partial charge < -0.3 is 15.2 Å². The Labute approximate surface area is 117 Å². The van der Waals surface area contributed by atoms with Crippen LogP contribution >= 0.6 is 0 Å². The van der Waals surface area contributed by atoms with Gasteiger partial charge in [-0.25, -0.2) is 0 Å². The molecular weight excluding hydrogens is 238 g/mol. The van der Waals surface area contributed by atoms with Crippen LogP contribution < -0.4 is 10.1 Å². The van der Waals surface area contributed by atoms with E-state index in [4.69, 9.17) is 4.74 Å². The van der Waals surface area contributed by atoms with Gasteiger partial charge in [0.05, 0.1) is 12.7 Å². The standard InChI is InChI=1S/C16H27NO2/c1-11(2)17-8-7-16(5,18)14-9-13(4)15(19-6)10-12(14)3/h9-11,17-18H,7-8H2,1-6H3. The summed E-state index contributed by atoms with van der Waals surface area (Å²) in [6.45, 7) is 10.9. The molecule has 3 nitrogen and oxygen atoms in total. The molecule has 0 radical (unpaired) electrons. The summed E-state index contributed by atoms with van der Waals surface area (Å²) in [7, 11) is 1.67. The summed E-state index contributed by atoms with van der Waals surface area (Å²) in [5, 5.41) is 14.0. The van der Waals surface area contributed by atoms with Crippen LogP contribution in [0.4, 0.5) is 0 Å². The lowest BCUT2D eigenvalue weighted by Crippen LogP contribution is -2.31.